The van der Waals surface area contributed by atoms with Crippen molar-refractivity contribution < 1.29 is 14.3 Å². The van der Waals surface area contributed by atoms with E-state index in [0.717, 1.165) is 24.6 Å². The highest BCUT2D eigenvalue weighted by molar-refractivity contribution is 6.12. The van der Waals surface area contributed by atoms with Crippen LogP contribution in [0.15, 0.2) is 30.5 Å². The summed E-state index contributed by atoms with van der Waals surface area (Å²) in [6.45, 7) is 4.40. The summed E-state index contributed by atoms with van der Waals surface area (Å²) in [6.07, 6.45) is 4.49. The van der Waals surface area contributed by atoms with E-state index in [-0.39, 0.29) is 11.8 Å². The lowest BCUT2D eigenvalue weighted by Crippen LogP contribution is -2.10. The second kappa shape index (κ2) is 7.69. The van der Waals surface area contributed by atoms with Gasteiger partial charge in [-0.1, -0.05) is 44.5 Å². The van der Waals surface area contributed by atoms with Crippen molar-refractivity contribution in [3.63, 3.8) is 0 Å². The molecule has 1 aromatic heterocycles. The summed E-state index contributed by atoms with van der Waals surface area (Å²) < 4.78 is 5.26. The van der Waals surface area contributed by atoms with Crippen LogP contribution in [0.1, 0.15) is 60.4 Å². The number of fused-ring (bicyclic) bond motifs is 1. The van der Waals surface area contributed by atoms with Crippen LogP contribution in [0.4, 0.5) is 0 Å². The summed E-state index contributed by atoms with van der Waals surface area (Å²) in [5.41, 5.74) is 0.849. The predicted molar refractivity (Wildman–Crippen MR) is 86.2 cm³/mol. The number of benzene rings is 1. The van der Waals surface area contributed by atoms with Gasteiger partial charge in [0.15, 0.2) is 5.78 Å². The molecule has 0 spiro atoms. The lowest BCUT2D eigenvalue weighted by atomic mass is 10.0. The Balaban J connectivity index is 2.40. The maximum absolute atomic E-state index is 12.2. The van der Waals surface area contributed by atoms with E-state index in [1.807, 2.05) is 38.1 Å². The molecule has 4 heteroatoms. The molecule has 0 bridgehead atoms. The van der Waals surface area contributed by atoms with Crippen LogP contribution in [0.3, 0.4) is 0 Å². The Morgan fingerprint density at radius 1 is 1.09 bits per heavy atom. The molecular formula is C18H21NO3. The number of esters is 1. The topological polar surface area (TPSA) is 56.3 Å². The first-order valence-corrected chi connectivity index (χ1v) is 7.77. The van der Waals surface area contributed by atoms with E-state index in [0.29, 0.717) is 29.7 Å². The molecule has 0 N–H and O–H groups in total. The number of Topliss-reactive ketones (excluding diaryl/α,β-unsaturated/α-hetero) is 1. The lowest BCUT2D eigenvalue weighted by molar-refractivity contribution is 0.0501. The molecular weight excluding hydrogens is 278 g/mol. The van der Waals surface area contributed by atoms with Crippen molar-refractivity contribution in [1.29, 1.82) is 0 Å². The minimum absolute atomic E-state index is 0.00426. The molecule has 0 saturated heterocycles. The smallest absolute Gasteiger partial charge is 0.340 e. The fourth-order valence-corrected chi connectivity index (χ4v) is 2.31. The monoisotopic (exact) mass is 299 g/mol. The van der Waals surface area contributed by atoms with Crippen molar-refractivity contribution in [2.24, 2.45) is 0 Å². The molecule has 2 rings (SSSR count). The van der Waals surface area contributed by atoms with Gasteiger partial charge in [-0.15, -0.1) is 0 Å². The summed E-state index contributed by atoms with van der Waals surface area (Å²) in [5.74, 6) is -0.378. The zero-order valence-corrected chi connectivity index (χ0v) is 13.1. The van der Waals surface area contributed by atoms with Gasteiger partial charge >= 0.3 is 5.97 Å². The van der Waals surface area contributed by atoms with Gasteiger partial charge in [-0.25, -0.2) is 4.79 Å². The van der Waals surface area contributed by atoms with Gasteiger partial charge < -0.3 is 4.74 Å². The first-order chi connectivity index (χ1) is 10.7. The molecule has 0 fully saturated rings. The van der Waals surface area contributed by atoms with Crippen molar-refractivity contribution in [3.05, 3.63) is 41.7 Å². The van der Waals surface area contributed by atoms with E-state index in [1.165, 1.54) is 6.20 Å². The van der Waals surface area contributed by atoms with Crippen molar-refractivity contribution in [2.45, 2.75) is 39.5 Å². The summed E-state index contributed by atoms with van der Waals surface area (Å²) in [6, 6.07) is 7.35. The molecule has 0 amide bonds. The van der Waals surface area contributed by atoms with Gasteiger partial charge in [-0.3, -0.25) is 9.78 Å². The number of carbonyl (C=O) groups excluding carboxylic acids is 2. The fraction of sp³-hybridized carbons (Fsp3) is 0.389. The highest BCUT2D eigenvalue weighted by Gasteiger charge is 2.17. The molecule has 4 nitrogen and oxygen atoms in total. The minimum Gasteiger partial charge on any atom is -0.462 e. The number of nitrogens with zero attached hydrogens (tertiary/aromatic N) is 1. The van der Waals surface area contributed by atoms with Gasteiger partial charge in [0, 0.05) is 23.4 Å². The molecule has 22 heavy (non-hydrogen) atoms. The first kappa shape index (κ1) is 16.1. The molecule has 0 aliphatic rings. The molecule has 0 aliphatic carbocycles. The van der Waals surface area contributed by atoms with Gasteiger partial charge in [0.25, 0.3) is 0 Å². The second-order valence-electron chi connectivity index (χ2n) is 5.23. The van der Waals surface area contributed by atoms with Crippen molar-refractivity contribution in [2.75, 3.05) is 6.61 Å². The maximum Gasteiger partial charge on any atom is 0.340 e. The second-order valence-corrected chi connectivity index (χ2v) is 5.23. The number of ether oxygens (including phenoxy) is 1. The zero-order chi connectivity index (χ0) is 15.9. The molecule has 1 heterocycles. The van der Waals surface area contributed by atoms with Gasteiger partial charge in [-0.2, -0.15) is 0 Å². The SMILES string of the molecule is CCCCOC(=O)c1cnc(C(=O)CCC)c2ccccc12. The fourth-order valence-electron chi connectivity index (χ4n) is 2.31. The normalized spacial score (nSPS) is 10.6. The maximum atomic E-state index is 12.2. The number of pyridine rings is 1. The van der Waals surface area contributed by atoms with Gasteiger partial charge in [0.1, 0.15) is 5.69 Å². The number of ketones is 1. The van der Waals surface area contributed by atoms with Crippen LogP contribution in [0.2, 0.25) is 0 Å². The molecule has 116 valence electrons. The molecule has 0 unspecified atom stereocenters. The first-order valence-electron chi connectivity index (χ1n) is 7.77. The standard InChI is InChI=1S/C18H21NO3/c1-3-5-11-22-18(21)15-12-19-17(16(20)8-4-2)14-10-7-6-9-13(14)15/h6-7,9-10,12H,3-5,8,11H2,1-2H3. The molecule has 0 atom stereocenters. The highest BCUT2D eigenvalue weighted by atomic mass is 16.5. The van der Waals surface area contributed by atoms with Crippen molar-refractivity contribution >= 4 is 22.5 Å². The molecule has 2 aromatic rings. The number of rotatable bonds is 7. The Morgan fingerprint density at radius 2 is 1.82 bits per heavy atom. The Morgan fingerprint density at radius 3 is 2.50 bits per heavy atom. The van der Waals surface area contributed by atoms with Crippen LogP contribution < -0.4 is 0 Å². The number of unbranched alkanes of at least 4 members (excludes halogenated alkanes) is 1. The van der Waals surface area contributed by atoms with E-state index in [2.05, 4.69) is 4.98 Å². The van der Waals surface area contributed by atoms with Crippen LogP contribution in [0.25, 0.3) is 10.8 Å². The highest BCUT2D eigenvalue weighted by Crippen LogP contribution is 2.23. The predicted octanol–water partition coefficient (Wildman–Crippen LogP) is 4.17. The summed E-state index contributed by atoms with van der Waals surface area (Å²) >= 11 is 0. The van der Waals surface area contributed by atoms with Crippen LogP contribution >= 0.6 is 0 Å². The number of hydrogen-bond acceptors (Lipinski definition) is 4. The third-order valence-corrected chi connectivity index (χ3v) is 3.49. The van der Waals surface area contributed by atoms with Crippen LogP contribution in [-0.2, 0) is 4.74 Å². The van der Waals surface area contributed by atoms with Crippen molar-refractivity contribution in [3.8, 4) is 0 Å². The number of aromatic nitrogens is 1. The van der Waals surface area contributed by atoms with E-state index in [4.69, 9.17) is 4.74 Å². The largest absolute Gasteiger partial charge is 0.462 e. The Hall–Kier alpha value is -2.23. The third kappa shape index (κ3) is 3.50. The van der Waals surface area contributed by atoms with E-state index >= 15 is 0 Å². The average Bonchev–Trinajstić information content (AvgIpc) is 2.54. The van der Waals surface area contributed by atoms with E-state index in [9.17, 15) is 9.59 Å². The number of hydrogen-bond donors (Lipinski definition) is 0. The summed E-state index contributed by atoms with van der Waals surface area (Å²) in [7, 11) is 0. The number of carbonyl (C=O) groups is 2. The van der Waals surface area contributed by atoms with Gasteiger partial charge in [0.05, 0.1) is 12.2 Å². The lowest BCUT2D eigenvalue weighted by Gasteiger charge is -2.09. The van der Waals surface area contributed by atoms with Crippen LogP contribution in [-0.4, -0.2) is 23.3 Å². The Kier molecular flexibility index (Phi) is 5.64. The third-order valence-electron chi connectivity index (χ3n) is 3.49. The zero-order valence-electron chi connectivity index (χ0n) is 13.1. The molecule has 0 radical (unpaired) electrons. The van der Waals surface area contributed by atoms with Gasteiger partial charge in [0.2, 0.25) is 0 Å². The van der Waals surface area contributed by atoms with Crippen LogP contribution in [0.5, 0.6) is 0 Å². The van der Waals surface area contributed by atoms with E-state index in [1.54, 1.807) is 0 Å². The molecule has 0 saturated carbocycles. The summed E-state index contributed by atoms with van der Waals surface area (Å²) in [5, 5.41) is 1.43. The summed E-state index contributed by atoms with van der Waals surface area (Å²) in [4.78, 5) is 28.6. The average molecular weight is 299 g/mol. The van der Waals surface area contributed by atoms with Crippen molar-refractivity contribution in [1.82, 2.24) is 4.98 Å². The Labute approximate surface area is 130 Å². The van der Waals surface area contributed by atoms with E-state index < -0.39 is 0 Å². The quantitative estimate of drug-likeness (QED) is 0.437. The van der Waals surface area contributed by atoms with Gasteiger partial charge in [-0.05, 0) is 12.8 Å². The molecule has 0 aliphatic heterocycles. The molecule has 1 aromatic carbocycles. The Bertz CT molecular complexity index is 679. The van der Waals surface area contributed by atoms with Crippen LogP contribution in [0, 0.1) is 0 Å². The minimum atomic E-state index is -0.383.